The van der Waals surface area contributed by atoms with Crippen LogP contribution in [0.5, 0.6) is 0 Å². The number of nitro benzene ring substituents is 1. The summed E-state index contributed by atoms with van der Waals surface area (Å²) in [6.45, 7) is 1.21. The monoisotopic (exact) mass is 224 g/mol. The Bertz CT molecular complexity index is 405. The molecule has 1 aliphatic carbocycles. The van der Waals surface area contributed by atoms with E-state index in [0.717, 1.165) is 6.54 Å². The van der Waals surface area contributed by atoms with Gasteiger partial charge in [0.2, 0.25) is 5.82 Å². The summed E-state index contributed by atoms with van der Waals surface area (Å²) in [5, 5.41) is 13.6. The van der Waals surface area contributed by atoms with Gasteiger partial charge in [0.1, 0.15) is 0 Å². The average molecular weight is 224 g/mol. The average Bonchev–Trinajstić information content (AvgIpc) is 3.04. The topological polar surface area (TPSA) is 55.2 Å². The summed E-state index contributed by atoms with van der Waals surface area (Å²) < 4.78 is 13.6. The van der Waals surface area contributed by atoms with E-state index in [1.165, 1.54) is 25.0 Å². The van der Waals surface area contributed by atoms with E-state index in [4.69, 9.17) is 0 Å². The van der Waals surface area contributed by atoms with Crippen molar-refractivity contribution in [3.63, 3.8) is 0 Å². The summed E-state index contributed by atoms with van der Waals surface area (Å²) in [7, 11) is 0. The van der Waals surface area contributed by atoms with Gasteiger partial charge >= 0.3 is 5.69 Å². The molecule has 1 aliphatic rings. The maximum Gasteiger partial charge on any atom is 0.305 e. The second kappa shape index (κ2) is 4.57. The molecule has 0 aromatic heterocycles. The minimum atomic E-state index is -0.726. The molecule has 4 nitrogen and oxygen atoms in total. The third kappa shape index (κ3) is 2.55. The van der Waals surface area contributed by atoms with Crippen molar-refractivity contribution in [2.45, 2.75) is 19.4 Å². The lowest BCUT2D eigenvalue weighted by Gasteiger charge is -2.05. The molecule has 86 valence electrons. The minimum Gasteiger partial charge on any atom is -0.312 e. The van der Waals surface area contributed by atoms with Crippen LogP contribution in [0.1, 0.15) is 18.4 Å². The number of nitrogens with one attached hydrogen (secondary N) is 1. The second-order valence-electron chi connectivity index (χ2n) is 4.08. The standard InChI is InChI=1S/C11H13FN2O2/c12-11-9(7-13-6-8-4-5-8)2-1-3-10(11)14(15)16/h1-3,8,13H,4-7H2. The van der Waals surface area contributed by atoms with Crippen LogP contribution in [0.25, 0.3) is 0 Å². The van der Waals surface area contributed by atoms with Crippen LogP contribution < -0.4 is 5.32 Å². The summed E-state index contributed by atoms with van der Waals surface area (Å²) in [5.41, 5.74) is -0.0967. The molecule has 0 spiro atoms. The van der Waals surface area contributed by atoms with Crippen molar-refractivity contribution in [2.24, 2.45) is 5.92 Å². The van der Waals surface area contributed by atoms with Crippen LogP contribution in [0, 0.1) is 21.8 Å². The first-order valence-electron chi connectivity index (χ1n) is 5.31. The number of nitro groups is 1. The molecule has 0 unspecified atom stereocenters. The van der Waals surface area contributed by atoms with Crippen LogP contribution in [0.2, 0.25) is 0 Å². The van der Waals surface area contributed by atoms with Gasteiger partial charge in [0.25, 0.3) is 0 Å². The Hall–Kier alpha value is -1.49. The summed E-state index contributed by atoms with van der Waals surface area (Å²) >= 11 is 0. The molecule has 1 aromatic rings. The van der Waals surface area contributed by atoms with E-state index in [0.29, 0.717) is 18.0 Å². The van der Waals surface area contributed by atoms with E-state index in [1.807, 2.05) is 0 Å². The molecule has 0 amide bonds. The number of rotatable bonds is 5. The summed E-state index contributed by atoms with van der Waals surface area (Å²) in [6, 6.07) is 4.26. The molecule has 0 saturated heterocycles. The van der Waals surface area contributed by atoms with Gasteiger partial charge in [-0.3, -0.25) is 10.1 Å². The van der Waals surface area contributed by atoms with E-state index in [2.05, 4.69) is 5.32 Å². The molecule has 0 atom stereocenters. The summed E-state index contributed by atoms with van der Waals surface area (Å²) in [4.78, 5) is 9.82. The van der Waals surface area contributed by atoms with Crippen molar-refractivity contribution in [3.8, 4) is 0 Å². The van der Waals surface area contributed by atoms with Crippen LogP contribution >= 0.6 is 0 Å². The zero-order chi connectivity index (χ0) is 11.5. The van der Waals surface area contributed by atoms with E-state index >= 15 is 0 Å². The predicted octanol–water partition coefficient (Wildman–Crippen LogP) is 2.23. The van der Waals surface area contributed by atoms with Crippen LogP contribution in [0.4, 0.5) is 10.1 Å². The number of nitrogens with zero attached hydrogens (tertiary/aromatic N) is 1. The van der Waals surface area contributed by atoms with Crippen molar-refractivity contribution in [3.05, 3.63) is 39.7 Å². The second-order valence-corrected chi connectivity index (χ2v) is 4.08. The molecule has 16 heavy (non-hydrogen) atoms. The first kappa shape index (κ1) is 11.0. The normalized spacial score (nSPS) is 15.1. The lowest BCUT2D eigenvalue weighted by Crippen LogP contribution is -2.17. The first-order chi connectivity index (χ1) is 7.68. The van der Waals surface area contributed by atoms with Gasteiger partial charge in [-0.25, -0.2) is 0 Å². The Kier molecular flexibility index (Phi) is 3.14. The zero-order valence-electron chi connectivity index (χ0n) is 8.78. The van der Waals surface area contributed by atoms with E-state index < -0.39 is 16.4 Å². The Balaban J connectivity index is 2.01. The Morgan fingerprint density at radius 2 is 2.25 bits per heavy atom. The number of hydrogen-bond acceptors (Lipinski definition) is 3. The highest BCUT2D eigenvalue weighted by Gasteiger charge is 2.21. The maximum absolute atomic E-state index is 13.6. The first-order valence-corrected chi connectivity index (χ1v) is 5.31. The van der Waals surface area contributed by atoms with Gasteiger partial charge in [-0.2, -0.15) is 4.39 Å². The molecule has 0 radical (unpaired) electrons. The molecule has 1 saturated carbocycles. The van der Waals surface area contributed by atoms with Crippen molar-refractivity contribution >= 4 is 5.69 Å². The SMILES string of the molecule is O=[N+]([O-])c1cccc(CNCC2CC2)c1F. The van der Waals surface area contributed by atoms with Gasteiger partial charge in [0, 0.05) is 18.2 Å². The molecule has 2 rings (SSSR count). The third-order valence-electron chi connectivity index (χ3n) is 2.70. The quantitative estimate of drug-likeness (QED) is 0.616. The molecular weight excluding hydrogens is 211 g/mol. The fraction of sp³-hybridized carbons (Fsp3) is 0.455. The lowest BCUT2D eigenvalue weighted by atomic mass is 10.2. The molecular formula is C11H13FN2O2. The van der Waals surface area contributed by atoms with Crippen LogP contribution in [-0.2, 0) is 6.54 Å². The van der Waals surface area contributed by atoms with Gasteiger partial charge in [-0.05, 0) is 25.3 Å². The number of hydrogen-bond donors (Lipinski definition) is 1. The predicted molar refractivity (Wildman–Crippen MR) is 57.5 cm³/mol. The Morgan fingerprint density at radius 3 is 2.88 bits per heavy atom. The zero-order valence-corrected chi connectivity index (χ0v) is 8.78. The minimum absolute atomic E-state index is 0.351. The Morgan fingerprint density at radius 1 is 1.50 bits per heavy atom. The summed E-state index contributed by atoms with van der Waals surface area (Å²) in [5.74, 6) is -0.0162. The van der Waals surface area contributed by atoms with E-state index in [-0.39, 0.29) is 0 Å². The van der Waals surface area contributed by atoms with Gasteiger partial charge in [0.15, 0.2) is 0 Å². The van der Waals surface area contributed by atoms with Crippen LogP contribution in [0.15, 0.2) is 18.2 Å². The Labute approximate surface area is 92.6 Å². The third-order valence-corrected chi connectivity index (χ3v) is 2.70. The molecule has 0 aliphatic heterocycles. The highest BCUT2D eigenvalue weighted by atomic mass is 19.1. The maximum atomic E-state index is 13.6. The van der Waals surface area contributed by atoms with E-state index in [1.54, 1.807) is 6.07 Å². The van der Waals surface area contributed by atoms with Crippen molar-refractivity contribution in [1.82, 2.24) is 5.32 Å². The van der Waals surface area contributed by atoms with Gasteiger partial charge < -0.3 is 5.32 Å². The van der Waals surface area contributed by atoms with Crippen molar-refractivity contribution < 1.29 is 9.31 Å². The summed E-state index contributed by atoms with van der Waals surface area (Å²) in [6.07, 6.45) is 2.45. The van der Waals surface area contributed by atoms with Crippen molar-refractivity contribution in [2.75, 3.05) is 6.54 Å². The van der Waals surface area contributed by atoms with Gasteiger partial charge in [-0.15, -0.1) is 0 Å². The number of halogens is 1. The highest BCUT2D eigenvalue weighted by molar-refractivity contribution is 5.36. The van der Waals surface area contributed by atoms with Crippen LogP contribution in [0.3, 0.4) is 0 Å². The molecule has 5 heteroatoms. The van der Waals surface area contributed by atoms with Crippen molar-refractivity contribution in [1.29, 1.82) is 0 Å². The van der Waals surface area contributed by atoms with Gasteiger partial charge in [0.05, 0.1) is 4.92 Å². The fourth-order valence-electron chi connectivity index (χ4n) is 1.58. The largest absolute Gasteiger partial charge is 0.312 e. The van der Waals surface area contributed by atoms with Crippen LogP contribution in [-0.4, -0.2) is 11.5 Å². The fourth-order valence-corrected chi connectivity index (χ4v) is 1.58. The molecule has 0 bridgehead atoms. The van der Waals surface area contributed by atoms with Gasteiger partial charge in [-0.1, -0.05) is 12.1 Å². The highest BCUT2D eigenvalue weighted by Crippen LogP contribution is 2.27. The molecule has 0 heterocycles. The number of benzene rings is 1. The smallest absolute Gasteiger partial charge is 0.305 e. The van der Waals surface area contributed by atoms with E-state index in [9.17, 15) is 14.5 Å². The lowest BCUT2D eigenvalue weighted by molar-refractivity contribution is -0.387. The molecule has 1 fully saturated rings. The molecule has 1 N–H and O–H groups in total. The molecule has 1 aromatic carbocycles.